The first-order valence-electron chi connectivity index (χ1n) is 14.0. The summed E-state index contributed by atoms with van der Waals surface area (Å²) in [4.78, 5) is 58.7. The van der Waals surface area contributed by atoms with Crippen LogP contribution in [0.15, 0.2) is 30.6 Å². The number of allylic oxidation sites excluding steroid dienone is 2. The lowest BCUT2D eigenvalue weighted by Gasteiger charge is -2.46. The van der Waals surface area contributed by atoms with E-state index in [2.05, 4.69) is 21.7 Å². The van der Waals surface area contributed by atoms with Crippen molar-refractivity contribution in [2.24, 2.45) is 40.7 Å². The molecule has 230 valence electrons. The number of rotatable bonds is 7. The van der Waals surface area contributed by atoms with Gasteiger partial charge in [-0.25, -0.2) is 0 Å². The van der Waals surface area contributed by atoms with Crippen LogP contribution in [-0.2, 0) is 19.2 Å². The molecule has 2 aliphatic carbocycles. The number of likely N-dealkylation sites (tertiary alicyclic amines) is 1. The van der Waals surface area contributed by atoms with Crippen molar-refractivity contribution in [1.29, 1.82) is 5.26 Å². The van der Waals surface area contributed by atoms with Crippen LogP contribution in [0, 0.1) is 46.3 Å². The van der Waals surface area contributed by atoms with Crippen LogP contribution in [-0.4, -0.2) is 63.9 Å². The number of pyridine rings is 1. The lowest BCUT2D eigenvalue weighted by molar-refractivity contribution is -0.159. The van der Waals surface area contributed by atoms with E-state index in [0.717, 1.165) is 0 Å². The number of primary amides is 1. The molecule has 1 aromatic rings. The van der Waals surface area contributed by atoms with Gasteiger partial charge in [-0.1, -0.05) is 32.9 Å². The number of amides is 4. The summed E-state index contributed by atoms with van der Waals surface area (Å²) >= 11 is 0. The van der Waals surface area contributed by atoms with Crippen molar-refractivity contribution in [2.75, 3.05) is 11.9 Å². The van der Waals surface area contributed by atoms with Gasteiger partial charge in [0.15, 0.2) is 6.10 Å². The van der Waals surface area contributed by atoms with E-state index in [1.807, 2.05) is 12.2 Å². The number of aromatic nitrogens is 1. The Morgan fingerprint density at radius 2 is 1.98 bits per heavy atom. The lowest BCUT2D eigenvalue weighted by atomic mass is 9.65. The minimum absolute atomic E-state index is 0.00404. The second-order valence-electron chi connectivity index (χ2n) is 12.8. The second kappa shape index (κ2) is 10.5. The van der Waals surface area contributed by atoms with E-state index in [-0.39, 0.29) is 30.7 Å². The van der Waals surface area contributed by atoms with Crippen molar-refractivity contribution in [2.45, 2.75) is 63.9 Å². The zero-order chi connectivity index (χ0) is 31.5. The van der Waals surface area contributed by atoms with Crippen LogP contribution in [0.1, 0.15) is 40.0 Å². The maximum Gasteiger partial charge on any atom is 0.397 e. The van der Waals surface area contributed by atoms with Gasteiger partial charge in [-0.2, -0.15) is 18.4 Å². The number of alkyl halides is 3. The molecule has 1 aromatic heterocycles. The van der Waals surface area contributed by atoms with E-state index < -0.39 is 71.2 Å². The molecule has 4 N–H and O–H groups in total. The first-order valence-corrected chi connectivity index (χ1v) is 14.0. The van der Waals surface area contributed by atoms with Crippen molar-refractivity contribution < 1.29 is 37.1 Å². The molecule has 11 nitrogen and oxygen atoms in total. The summed E-state index contributed by atoms with van der Waals surface area (Å²) < 4.78 is 45.0. The maximum atomic E-state index is 14.4. The normalized spacial score (nSPS) is 30.4. The summed E-state index contributed by atoms with van der Waals surface area (Å²) in [6.07, 6.45) is -0.623. The highest BCUT2D eigenvalue weighted by Crippen LogP contribution is 2.60. The van der Waals surface area contributed by atoms with Crippen molar-refractivity contribution in [3.8, 4) is 11.8 Å². The van der Waals surface area contributed by atoms with Crippen LogP contribution >= 0.6 is 0 Å². The van der Waals surface area contributed by atoms with Gasteiger partial charge >= 0.3 is 6.18 Å². The topological polar surface area (TPSA) is 168 Å². The molecule has 0 radical (unpaired) electrons. The molecule has 0 aromatic carbocycles. The minimum atomic E-state index is -4.80. The Morgan fingerprint density at radius 1 is 1.28 bits per heavy atom. The smallest absolute Gasteiger partial charge is 0.397 e. The Kier molecular flexibility index (Phi) is 7.43. The van der Waals surface area contributed by atoms with Gasteiger partial charge in [0.1, 0.15) is 29.4 Å². The Balaban J connectivity index is 1.55. The minimum Gasteiger partial charge on any atom is -0.478 e. The molecule has 4 aliphatic rings. The number of anilines is 1. The zero-order valence-corrected chi connectivity index (χ0v) is 23.9. The first-order chi connectivity index (χ1) is 20.1. The fraction of sp³-hybridized carbons (Fsp3) is 0.586. The molecule has 43 heavy (non-hydrogen) atoms. The number of halogens is 3. The summed E-state index contributed by atoms with van der Waals surface area (Å²) in [5.41, 5.74) is 3.47. The highest BCUT2D eigenvalue weighted by atomic mass is 19.4. The van der Waals surface area contributed by atoms with Crippen molar-refractivity contribution >= 4 is 29.3 Å². The molecule has 2 fully saturated rings. The average Bonchev–Trinajstić information content (AvgIpc) is 3.61. The third-order valence-corrected chi connectivity index (χ3v) is 9.15. The van der Waals surface area contributed by atoms with Gasteiger partial charge in [0, 0.05) is 31.1 Å². The fourth-order valence-electron chi connectivity index (χ4n) is 7.43. The van der Waals surface area contributed by atoms with Crippen molar-refractivity contribution in [1.82, 2.24) is 15.2 Å². The molecule has 8 atom stereocenters. The molecule has 4 amide bonds. The number of nitrogens with zero attached hydrogens (tertiary/aromatic N) is 3. The Hall–Kier alpha value is -4.15. The molecule has 3 heterocycles. The van der Waals surface area contributed by atoms with Crippen molar-refractivity contribution in [3.63, 3.8) is 0 Å². The van der Waals surface area contributed by atoms with E-state index in [9.17, 15) is 37.6 Å². The van der Waals surface area contributed by atoms with Crippen LogP contribution in [0.25, 0.3) is 0 Å². The quantitative estimate of drug-likeness (QED) is 0.403. The molecule has 14 heteroatoms. The van der Waals surface area contributed by atoms with Crippen LogP contribution < -0.4 is 21.1 Å². The van der Waals surface area contributed by atoms with E-state index in [4.69, 9.17) is 10.5 Å². The summed E-state index contributed by atoms with van der Waals surface area (Å²) in [6.45, 7) is 4.73. The number of carbonyl (C=O) groups is 4. The number of nitriles is 1. The van der Waals surface area contributed by atoms with Gasteiger partial charge in [0.05, 0.1) is 18.2 Å². The summed E-state index contributed by atoms with van der Waals surface area (Å²) in [7, 11) is 0. The molecule has 0 spiro atoms. The third-order valence-electron chi connectivity index (χ3n) is 9.15. The molecule has 5 unspecified atom stereocenters. The van der Waals surface area contributed by atoms with Gasteiger partial charge in [-0.15, -0.1) is 0 Å². The lowest BCUT2D eigenvalue weighted by Crippen LogP contribution is -2.68. The number of nitrogens with one attached hydrogen (secondary N) is 2. The molecular weight excluding hydrogens is 569 g/mol. The second-order valence-corrected chi connectivity index (χ2v) is 12.8. The standard InChI is InChI=1S/C29H33F3N6O5/c1-27(2,3)23(37-21(39)10-28(30,31)32)25(41)38-13-17-14-4-5-15(8-14)22(17)29(38,26(34)42)16(11-33)9-20-24(40)36-18-12-35-7-6-19(18)43-20/h4-7,12,14-17,20,22-23H,8-10,13H2,1-3H3,(H2,34,42)(H,36,40)(H,37,39)/t14?,15?,16-,17?,20+,22?,23-,29?/m1/s1. The number of hydrogen-bond acceptors (Lipinski definition) is 7. The van der Waals surface area contributed by atoms with Crippen LogP contribution in [0.5, 0.6) is 5.75 Å². The largest absolute Gasteiger partial charge is 0.478 e. The Bertz CT molecular complexity index is 1420. The highest BCUT2D eigenvalue weighted by Gasteiger charge is 2.70. The van der Waals surface area contributed by atoms with Gasteiger partial charge in [0.2, 0.25) is 17.7 Å². The first kappa shape index (κ1) is 30.3. The van der Waals surface area contributed by atoms with Gasteiger partial charge in [-0.3, -0.25) is 24.2 Å². The third kappa shape index (κ3) is 5.19. The number of fused-ring (bicyclic) bond motifs is 6. The monoisotopic (exact) mass is 602 g/mol. The highest BCUT2D eigenvalue weighted by molar-refractivity contribution is 5.98. The number of nitrogens with two attached hydrogens (primary N) is 1. The summed E-state index contributed by atoms with van der Waals surface area (Å²) in [5.74, 6) is -5.82. The number of ether oxygens (including phenoxy) is 1. The van der Waals surface area contributed by atoms with E-state index in [0.29, 0.717) is 17.9 Å². The van der Waals surface area contributed by atoms with Gasteiger partial charge in [0.25, 0.3) is 5.91 Å². The van der Waals surface area contributed by atoms with Gasteiger partial charge in [-0.05, 0) is 29.6 Å². The predicted octanol–water partition coefficient (Wildman–Crippen LogP) is 2.30. The van der Waals surface area contributed by atoms with E-state index >= 15 is 0 Å². The average molecular weight is 603 g/mol. The maximum absolute atomic E-state index is 14.4. The molecular formula is C29H33F3N6O5. The van der Waals surface area contributed by atoms with Gasteiger partial charge < -0.3 is 26.0 Å². The van der Waals surface area contributed by atoms with Crippen LogP contribution in [0.4, 0.5) is 18.9 Å². The Morgan fingerprint density at radius 3 is 2.60 bits per heavy atom. The molecule has 1 saturated heterocycles. The van der Waals surface area contributed by atoms with E-state index in [1.54, 1.807) is 20.8 Å². The molecule has 2 bridgehead atoms. The summed E-state index contributed by atoms with van der Waals surface area (Å²) in [6, 6.07) is 2.20. The van der Waals surface area contributed by atoms with E-state index in [1.165, 1.54) is 23.4 Å². The zero-order valence-electron chi connectivity index (χ0n) is 23.9. The molecule has 1 saturated carbocycles. The Labute approximate surface area is 246 Å². The molecule has 2 aliphatic heterocycles. The summed E-state index contributed by atoms with van der Waals surface area (Å²) in [5, 5.41) is 15.5. The number of carbonyl (C=O) groups excluding carboxylic acids is 4. The van der Waals surface area contributed by atoms with Crippen molar-refractivity contribution in [3.05, 3.63) is 30.6 Å². The molecule has 5 rings (SSSR count). The predicted molar refractivity (Wildman–Crippen MR) is 144 cm³/mol. The van der Waals surface area contributed by atoms with Crippen LogP contribution in [0.3, 0.4) is 0 Å². The number of hydrogen-bond donors (Lipinski definition) is 3. The SMILES string of the molecule is CC(C)(C)[C@H](NC(=O)CC(F)(F)F)C(=O)N1CC2C3C=CC(C3)C2C1(C(N)=O)[C@@H](C#N)C[C@@H]1Oc2ccncc2NC1=O. The fourth-order valence-corrected chi connectivity index (χ4v) is 7.43. The van der Waals surface area contributed by atoms with Crippen LogP contribution in [0.2, 0.25) is 0 Å².